The first kappa shape index (κ1) is 12.0. The molecule has 1 aliphatic heterocycles. The second kappa shape index (κ2) is 4.17. The number of rotatable bonds is 3. The molecule has 0 aromatic rings. The Balaban J connectivity index is 2.71. The lowest BCUT2D eigenvalue weighted by Crippen LogP contribution is -2.52. The van der Waals surface area contributed by atoms with Crippen LogP contribution in [0.1, 0.15) is 40.0 Å². The fourth-order valence-electron chi connectivity index (χ4n) is 2.13. The van der Waals surface area contributed by atoms with Crippen LogP contribution in [0.15, 0.2) is 0 Å². The van der Waals surface area contributed by atoms with Crippen molar-refractivity contribution in [3.05, 3.63) is 0 Å². The van der Waals surface area contributed by atoms with Gasteiger partial charge in [0.05, 0.1) is 17.8 Å². The smallest absolute Gasteiger partial charge is 0.0734 e. The van der Waals surface area contributed by atoms with Crippen LogP contribution in [0.4, 0.5) is 0 Å². The van der Waals surface area contributed by atoms with E-state index in [1.54, 1.807) is 0 Å². The van der Waals surface area contributed by atoms with Gasteiger partial charge in [-0.2, -0.15) is 0 Å². The number of ether oxygens (including phenoxy) is 1. The molecule has 3 unspecified atom stereocenters. The molecular weight excluding hydrogens is 178 g/mol. The first-order valence-corrected chi connectivity index (χ1v) is 5.52. The summed E-state index contributed by atoms with van der Waals surface area (Å²) in [5.74, 6) is 0.150. The highest BCUT2D eigenvalue weighted by Crippen LogP contribution is 2.38. The van der Waals surface area contributed by atoms with Crippen LogP contribution in [0, 0.1) is 5.92 Å². The molecule has 0 amide bonds. The second-order valence-corrected chi connectivity index (χ2v) is 4.82. The molecule has 1 rings (SSSR count). The van der Waals surface area contributed by atoms with Crippen LogP contribution < -0.4 is 5.73 Å². The average molecular weight is 201 g/mol. The van der Waals surface area contributed by atoms with Gasteiger partial charge in [0.15, 0.2) is 0 Å². The zero-order chi connectivity index (χ0) is 10.8. The van der Waals surface area contributed by atoms with E-state index in [4.69, 9.17) is 10.5 Å². The maximum absolute atomic E-state index is 10.4. The molecule has 84 valence electrons. The molecule has 0 bridgehead atoms. The number of nitrogens with two attached hydrogens (primary N) is 1. The number of hydrogen-bond acceptors (Lipinski definition) is 3. The molecule has 3 N–H and O–H groups in total. The average Bonchev–Trinajstić information content (AvgIpc) is 2.16. The van der Waals surface area contributed by atoms with E-state index in [2.05, 4.69) is 13.8 Å². The zero-order valence-corrected chi connectivity index (χ0v) is 9.55. The van der Waals surface area contributed by atoms with Gasteiger partial charge in [-0.15, -0.1) is 0 Å². The molecule has 1 aliphatic rings. The summed E-state index contributed by atoms with van der Waals surface area (Å²) in [6, 6.07) is 0. The SMILES string of the molecule is CCC1(C)CC(O)(C(C)CN)CCO1. The highest BCUT2D eigenvalue weighted by molar-refractivity contribution is 4.95. The molecule has 3 nitrogen and oxygen atoms in total. The van der Waals surface area contributed by atoms with Crippen molar-refractivity contribution < 1.29 is 9.84 Å². The summed E-state index contributed by atoms with van der Waals surface area (Å²) in [5.41, 5.74) is 4.82. The van der Waals surface area contributed by atoms with Gasteiger partial charge in [-0.25, -0.2) is 0 Å². The highest BCUT2D eigenvalue weighted by atomic mass is 16.5. The quantitative estimate of drug-likeness (QED) is 0.723. The Hall–Kier alpha value is -0.120. The van der Waals surface area contributed by atoms with Crippen molar-refractivity contribution >= 4 is 0 Å². The molecule has 3 heteroatoms. The van der Waals surface area contributed by atoms with Crippen molar-refractivity contribution in [1.82, 2.24) is 0 Å². The van der Waals surface area contributed by atoms with E-state index < -0.39 is 5.60 Å². The molecule has 0 aliphatic carbocycles. The summed E-state index contributed by atoms with van der Waals surface area (Å²) in [4.78, 5) is 0. The molecule has 1 fully saturated rings. The van der Waals surface area contributed by atoms with Crippen LogP contribution in [0.2, 0.25) is 0 Å². The Morgan fingerprint density at radius 1 is 1.57 bits per heavy atom. The van der Waals surface area contributed by atoms with Crippen molar-refractivity contribution in [1.29, 1.82) is 0 Å². The molecular formula is C11H23NO2. The third kappa shape index (κ3) is 2.27. The molecule has 0 spiro atoms. The van der Waals surface area contributed by atoms with Gasteiger partial charge < -0.3 is 15.6 Å². The second-order valence-electron chi connectivity index (χ2n) is 4.82. The van der Waals surface area contributed by atoms with E-state index in [9.17, 15) is 5.11 Å². The van der Waals surface area contributed by atoms with Gasteiger partial charge in [0.1, 0.15) is 0 Å². The normalized spacial score (nSPS) is 40.9. The Morgan fingerprint density at radius 2 is 2.21 bits per heavy atom. The van der Waals surface area contributed by atoms with Crippen LogP contribution in [0.5, 0.6) is 0 Å². The van der Waals surface area contributed by atoms with E-state index >= 15 is 0 Å². The Morgan fingerprint density at radius 3 is 2.71 bits per heavy atom. The fraction of sp³-hybridized carbons (Fsp3) is 1.00. The summed E-state index contributed by atoms with van der Waals surface area (Å²) in [6.45, 7) is 7.36. The van der Waals surface area contributed by atoms with Crippen molar-refractivity contribution in [2.75, 3.05) is 13.2 Å². The van der Waals surface area contributed by atoms with Crippen LogP contribution >= 0.6 is 0 Å². The first-order chi connectivity index (χ1) is 6.46. The minimum absolute atomic E-state index is 0.150. The highest BCUT2D eigenvalue weighted by Gasteiger charge is 2.43. The van der Waals surface area contributed by atoms with Crippen LogP contribution in [-0.2, 0) is 4.74 Å². The summed E-state index contributed by atoms with van der Waals surface area (Å²) < 4.78 is 5.70. The van der Waals surface area contributed by atoms with Gasteiger partial charge in [0.25, 0.3) is 0 Å². The topological polar surface area (TPSA) is 55.5 Å². The molecule has 3 atom stereocenters. The lowest BCUT2D eigenvalue weighted by molar-refractivity contribution is -0.170. The maximum atomic E-state index is 10.4. The third-order valence-corrected chi connectivity index (χ3v) is 3.68. The van der Waals surface area contributed by atoms with E-state index in [0.29, 0.717) is 26.0 Å². The third-order valence-electron chi connectivity index (χ3n) is 3.68. The van der Waals surface area contributed by atoms with Gasteiger partial charge >= 0.3 is 0 Å². The van der Waals surface area contributed by atoms with Crippen molar-refractivity contribution in [3.8, 4) is 0 Å². The summed E-state index contributed by atoms with van der Waals surface area (Å²) in [6.07, 6.45) is 2.35. The fourth-order valence-corrected chi connectivity index (χ4v) is 2.13. The van der Waals surface area contributed by atoms with Gasteiger partial charge in [0, 0.05) is 6.42 Å². The molecule has 0 radical (unpaired) electrons. The van der Waals surface area contributed by atoms with Gasteiger partial charge in [-0.05, 0) is 32.2 Å². The van der Waals surface area contributed by atoms with Crippen LogP contribution in [0.25, 0.3) is 0 Å². The molecule has 1 saturated heterocycles. The number of hydrogen-bond donors (Lipinski definition) is 2. The van der Waals surface area contributed by atoms with E-state index in [1.165, 1.54) is 0 Å². The van der Waals surface area contributed by atoms with Crippen LogP contribution in [-0.4, -0.2) is 29.5 Å². The summed E-state index contributed by atoms with van der Waals surface area (Å²) >= 11 is 0. The lowest BCUT2D eigenvalue weighted by Gasteiger charge is -2.45. The van der Waals surface area contributed by atoms with Crippen molar-refractivity contribution in [2.45, 2.75) is 51.2 Å². The van der Waals surface area contributed by atoms with Gasteiger partial charge in [0.2, 0.25) is 0 Å². The molecule has 0 aromatic heterocycles. The monoisotopic (exact) mass is 201 g/mol. The minimum Gasteiger partial charge on any atom is -0.389 e. The summed E-state index contributed by atoms with van der Waals surface area (Å²) in [5, 5.41) is 10.4. The molecule has 14 heavy (non-hydrogen) atoms. The molecule has 1 heterocycles. The predicted octanol–water partition coefficient (Wildman–Crippen LogP) is 1.29. The van der Waals surface area contributed by atoms with E-state index in [0.717, 1.165) is 6.42 Å². The van der Waals surface area contributed by atoms with Gasteiger partial charge in [-0.3, -0.25) is 0 Å². The number of aliphatic hydroxyl groups is 1. The predicted molar refractivity (Wildman–Crippen MR) is 57.1 cm³/mol. The zero-order valence-electron chi connectivity index (χ0n) is 9.55. The Kier molecular flexibility index (Phi) is 3.56. The van der Waals surface area contributed by atoms with E-state index in [1.807, 2.05) is 6.92 Å². The largest absolute Gasteiger partial charge is 0.389 e. The maximum Gasteiger partial charge on any atom is 0.0734 e. The lowest BCUT2D eigenvalue weighted by atomic mass is 9.75. The first-order valence-electron chi connectivity index (χ1n) is 5.52. The van der Waals surface area contributed by atoms with Gasteiger partial charge in [-0.1, -0.05) is 13.8 Å². The molecule has 0 aromatic carbocycles. The Bertz CT molecular complexity index is 198. The minimum atomic E-state index is -0.627. The van der Waals surface area contributed by atoms with Crippen molar-refractivity contribution in [2.24, 2.45) is 11.7 Å². The summed E-state index contributed by atoms with van der Waals surface area (Å²) in [7, 11) is 0. The molecule has 0 saturated carbocycles. The van der Waals surface area contributed by atoms with Crippen molar-refractivity contribution in [3.63, 3.8) is 0 Å². The standard InChI is InChI=1S/C11H23NO2/c1-4-10(3)8-11(13,5-6-14-10)9(2)7-12/h9,13H,4-8,12H2,1-3H3. The van der Waals surface area contributed by atoms with E-state index in [-0.39, 0.29) is 11.5 Å². The van der Waals surface area contributed by atoms with Crippen LogP contribution in [0.3, 0.4) is 0 Å². The Labute approximate surface area is 86.6 Å².